The van der Waals surface area contributed by atoms with E-state index in [4.69, 9.17) is 39.1 Å². The summed E-state index contributed by atoms with van der Waals surface area (Å²) in [4.78, 5) is 61.0. The molecule has 1 saturated heterocycles. The lowest BCUT2D eigenvalue weighted by Gasteiger charge is -2.20. The van der Waals surface area contributed by atoms with Crippen LogP contribution in [0.3, 0.4) is 0 Å². The summed E-state index contributed by atoms with van der Waals surface area (Å²) < 4.78 is 43.2. The summed E-state index contributed by atoms with van der Waals surface area (Å²) in [6, 6.07) is 0. The Morgan fingerprint density at radius 3 is 2.25 bits per heavy atom. The average Bonchev–Trinajstić information content (AvgIpc) is 2.98. The molecule has 8 N–H and O–H groups in total. The Hall–Kier alpha value is -1.07. The summed E-state index contributed by atoms with van der Waals surface area (Å²) in [6.45, 7) is 0.223. The Bertz CT molecular complexity index is 976. The molecule has 0 aromatic carbocycles. The van der Waals surface area contributed by atoms with Gasteiger partial charge in [0.25, 0.3) is 0 Å². The Morgan fingerprint density at radius 2 is 1.75 bits per heavy atom. The summed E-state index contributed by atoms with van der Waals surface area (Å²) >= 11 is 0. The van der Waals surface area contributed by atoms with Gasteiger partial charge < -0.3 is 39.4 Å². The predicted molar refractivity (Wildman–Crippen MR) is 99.5 cm³/mol. The number of aliphatic hydroxyl groups is 2. The number of nitrogens with one attached hydrogen (secondary N) is 1. The number of anilines is 1. The quantitative estimate of drug-likeness (QED) is 0.187. The van der Waals surface area contributed by atoms with Crippen LogP contribution >= 0.6 is 23.5 Å². The van der Waals surface area contributed by atoms with Crippen molar-refractivity contribution in [1.82, 2.24) is 9.55 Å². The number of aromatic nitrogens is 2. The number of fused-ring (bicyclic) bond motifs is 1. The predicted octanol–water partition coefficient (Wildman–Crippen LogP) is -1.91. The Kier molecular flexibility index (Phi) is 8.89. The van der Waals surface area contributed by atoms with Crippen molar-refractivity contribution in [1.29, 1.82) is 0 Å². The van der Waals surface area contributed by atoms with E-state index in [-0.39, 0.29) is 13.0 Å². The molecule has 2 aliphatic rings. The van der Waals surface area contributed by atoms with Crippen LogP contribution in [0.4, 0.5) is 5.82 Å². The van der Waals surface area contributed by atoms with E-state index in [0.29, 0.717) is 18.8 Å². The van der Waals surface area contributed by atoms with Crippen LogP contribution in [0.5, 0.6) is 0 Å². The van der Waals surface area contributed by atoms with Crippen LogP contribution < -0.4 is 11.2 Å². The summed E-state index contributed by atoms with van der Waals surface area (Å²) in [6.07, 6.45) is 0.537. The smallest absolute Gasteiger partial charge is 0.394 e. The summed E-state index contributed by atoms with van der Waals surface area (Å²) in [5.41, 5.74) is 2.97. The van der Waals surface area contributed by atoms with Gasteiger partial charge in [0.1, 0.15) is 12.3 Å². The monoisotopic (exact) mass is 527 g/mol. The maximum absolute atomic E-state index is 11.9. The molecule has 0 bridgehead atoms. The SMILES string of the molecule is O=P(O)(O)OP(=O)(O)OP(=O)(O)O.O=c1nc2c(cn1[C@H]1C[C@H](O)[C@@H](CO)O1)CCON2. The van der Waals surface area contributed by atoms with E-state index in [0.717, 1.165) is 5.56 Å². The number of ether oxygens (including phenoxy) is 1. The number of hydrogen-bond acceptors (Lipinski definition) is 12. The van der Waals surface area contributed by atoms with Gasteiger partial charge in [0.05, 0.1) is 19.3 Å². The van der Waals surface area contributed by atoms with E-state index in [1.807, 2.05) is 0 Å². The number of hydrogen-bond donors (Lipinski definition) is 8. The third kappa shape index (κ3) is 8.37. The van der Waals surface area contributed by atoms with Gasteiger partial charge >= 0.3 is 29.2 Å². The highest BCUT2D eigenvalue weighted by Gasteiger charge is 2.39. The number of rotatable bonds is 6. The zero-order valence-corrected chi connectivity index (χ0v) is 18.5. The molecule has 0 spiro atoms. The van der Waals surface area contributed by atoms with E-state index in [2.05, 4.69) is 19.1 Å². The fourth-order valence-corrected chi connectivity index (χ4v) is 5.14. The summed E-state index contributed by atoms with van der Waals surface area (Å²) in [5, 5.41) is 18.7. The van der Waals surface area contributed by atoms with Crippen LogP contribution in [-0.2, 0) is 38.3 Å². The Morgan fingerprint density at radius 1 is 1.16 bits per heavy atom. The van der Waals surface area contributed by atoms with Crippen molar-refractivity contribution in [3.8, 4) is 0 Å². The van der Waals surface area contributed by atoms with Gasteiger partial charge in [-0.15, -0.1) is 0 Å². The lowest BCUT2D eigenvalue weighted by Crippen LogP contribution is -2.31. The van der Waals surface area contributed by atoms with Crippen LogP contribution in [0.1, 0.15) is 18.2 Å². The van der Waals surface area contributed by atoms with Crippen molar-refractivity contribution in [2.75, 3.05) is 18.7 Å². The first-order valence-corrected chi connectivity index (χ1v) is 13.0. The number of nitrogens with zero attached hydrogens (tertiary/aromatic N) is 2. The summed E-state index contributed by atoms with van der Waals surface area (Å²) in [5.74, 6) is 0.421. The van der Waals surface area contributed by atoms with E-state index in [1.165, 1.54) is 4.57 Å². The maximum atomic E-state index is 11.9. The Labute approximate surface area is 178 Å². The Balaban J connectivity index is 0.000000247. The lowest BCUT2D eigenvalue weighted by atomic mass is 10.2. The molecule has 1 aromatic rings. The van der Waals surface area contributed by atoms with Crippen molar-refractivity contribution in [3.63, 3.8) is 0 Å². The van der Waals surface area contributed by atoms with Crippen LogP contribution in [0.2, 0.25) is 0 Å². The summed E-state index contributed by atoms with van der Waals surface area (Å²) in [7, 11) is -16.2. The molecule has 3 rings (SSSR count). The highest BCUT2D eigenvalue weighted by Crippen LogP contribution is 2.64. The van der Waals surface area contributed by atoms with Crippen LogP contribution in [0.25, 0.3) is 0 Å². The van der Waals surface area contributed by atoms with Gasteiger partial charge in [-0.1, -0.05) is 0 Å². The fourth-order valence-electron chi connectivity index (χ4n) is 2.60. The lowest BCUT2D eigenvalue weighted by molar-refractivity contribution is -0.0460. The molecule has 0 aliphatic carbocycles. The number of aliphatic hydroxyl groups excluding tert-OH is 2. The standard InChI is InChI=1S/C11H15N3O5.H5O10P3/c15-5-8-7(16)3-9(19-8)14-4-6-1-2-18-13-10(6)12-11(14)17;1-11(2,3)9-13(7,8)10-12(4,5)6/h4,7-9,15-16H,1-3,5H2,(H,12,13,17);(H,7,8)(H2,1,2,3)(H2,4,5,6)/t7-,8+,9+;/m0./s1. The van der Waals surface area contributed by atoms with Crippen LogP contribution in [0, 0.1) is 0 Å². The van der Waals surface area contributed by atoms with Gasteiger partial charge in [-0.05, 0) is 0 Å². The molecule has 1 fully saturated rings. The molecule has 21 heteroatoms. The molecular weight excluding hydrogens is 507 g/mol. The fraction of sp³-hybridized carbons (Fsp3) is 0.636. The van der Waals surface area contributed by atoms with Crippen molar-refractivity contribution in [2.45, 2.75) is 31.3 Å². The second kappa shape index (κ2) is 10.5. The average molecular weight is 527 g/mol. The molecule has 0 saturated carbocycles. The molecule has 0 radical (unpaired) electrons. The number of phosphoric acid groups is 3. The molecular formula is C11H20N3O15P3. The van der Waals surface area contributed by atoms with Gasteiger partial charge in [-0.25, -0.2) is 24.0 Å². The van der Waals surface area contributed by atoms with Gasteiger partial charge in [0.15, 0.2) is 5.82 Å². The van der Waals surface area contributed by atoms with Crippen molar-refractivity contribution < 1.29 is 66.6 Å². The van der Waals surface area contributed by atoms with Crippen LogP contribution in [0.15, 0.2) is 11.0 Å². The molecule has 3 atom stereocenters. The minimum atomic E-state index is -5.46. The van der Waals surface area contributed by atoms with Crippen molar-refractivity contribution >= 4 is 29.3 Å². The van der Waals surface area contributed by atoms with Crippen LogP contribution in [-0.4, -0.2) is 69.7 Å². The second-order valence-electron chi connectivity index (χ2n) is 6.23. The zero-order chi connectivity index (χ0) is 24.3. The molecule has 32 heavy (non-hydrogen) atoms. The van der Waals surface area contributed by atoms with E-state index in [9.17, 15) is 23.6 Å². The van der Waals surface area contributed by atoms with Gasteiger partial charge in [-0.3, -0.25) is 9.40 Å². The van der Waals surface area contributed by atoms with Crippen molar-refractivity contribution in [2.24, 2.45) is 0 Å². The minimum Gasteiger partial charge on any atom is -0.394 e. The first kappa shape index (κ1) is 27.2. The maximum Gasteiger partial charge on any atom is 0.490 e. The highest BCUT2D eigenvalue weighted by molar-refractivity contribution is 7.66. The highest BCUT2D eigenvalue weighted by atomic mass is 31.3. The van der Waals surface area contributed by atoms with Gasteiger partial charge in [-0.2, -0.15) is 13.6 Å². The van der Waals surface area contributed by atoms with Gasteiger partial charge in [0.2, 0.25) is 0 Å². The van der Waals surface area contributed by atoms with Crippen molar-refractivity contribution in [3.05, 3.63) is 22.2 Å². The third-order valence-electron chi connectivity index (χ3n) is 3.78. The van der Waals surface area contributed by atoms with Gasteiger partial charge in [0, 0.05) is 24.6 Å². The van der Waals surface area contributed by atoms with E-state index < -0.39 is 47.6 Å². The zero-order valence-electron chi connectivity index (χ0n) is 15.8. The topological polar surface area (TPSA) is 277 Å². The minimum absolute atomic E-state index is 0.259. The molecule has 0 unspecified atom stereocenters. The first-order valence-electron chi connectivity index (χ1n) is 8.41. The van der Waals surface area contributed by atoms with E-state index >= 15 is 0 Å². The second-order valence-corrected chi connectivity index (χ2v) is 10.4. The largest absolute Gasteiger partial charge is 0.490 e. The van der Waals surface area contributed by atoms with E-state index in [1.54, 1.807) is 6.20 Å². The molecule has 184 valence electrons. The first-order chi connectivity index (χ1) is 14.6. The third-order valence-corrected chi connectivity index (χ3v) is 7.14. The molecule has 2 aliphatic heterocycles. The molecule has 0 amide bonds. The normalized spacial score (nSPS) is 23.7. The molecule has 18 nitrogen and oxygen atoms in total. The molecule has 3 heterocycles. The molecule has 1 aromatic heterocycles.